The lowest BCUT2D eigenvalue weighted by molar-refractivity contribution is -0.134. The highest BCUT2D eigenvalue weighted by Crippen LogP contribution is 2.40. The largest absolute Gasteiger partial charge is 0.480 e. The molecule has 0 fully saturated rings. The maximum atomic E-state index is 13.8. The number of pyridine rings is 1. The van der Waals surface area contributed by atoms with Crippen molar-refractivity contribution >= 4 is 39.0 Å². The number of aliphatic carboxylic acids is 1. The number of carboxylic acid groups (broad SMARTS) is 1. The van der Waals surface area contributed by atoms with Crippen LogP contribution in [0.25, 0.3) is 11.1 Å². The van der Waals surface area contributed by atoms with E-state index >= 15 is 0 Å². The predicted octanol–water partition coefficient (Wildman–Crippen LogP) is 4.15. The Balaban J connectivity index is 2.13. The van der Waals surface area contributed by atoms with Gasteiger partial charge in [-0.05, 0) is 42.3 Å². The van der Waals surface area contributed by atoms with Crippen molar-refractivity contribution in [3.05, 3.63) is 71.3 Å². The highest BCUT2D eigenvalue weighted by molar-refractivity contribution is 7.92. The molecule has 156 valence electrons. The second-order valence-electron chi connectivity index (χ2n) is 6.41. The molecular formula is C20H17ClFN3O4S. The number of halogens is 2. The second kappa shape index (κ2) is 8.68. The Morgan fingerprint density at radius 2 is 1.97 bits per heavy atom. The summed E-state index contributed by atoms with van der Waals surface area (Å²) >= 11 is 6.42. The molecule has 2 aromatic carbocycles. The fourth-order valence-electron chi connectivity index (χ4n) is 2.75. The fraction of sp³-hybridized carbons (Fsp3) is 0.100. The van der Waals surface area contributed by atoms with E-state index in [0.29, 0.717) is 16.7 Å². The Morgan fingerprint density at radius 1 is 1.20 bits per heavy atom. The molecule has 0 atom stereocenters. The summed E-state index contributed by atoms with van der Waals surface area (Å²) < 4.78 is 42.1. The first-order valence-corrected chi connectivity index (χ1v) is 10.5. The van der Waals surface area contributed by atoms with Crippen molar-refractivity contribution in [3.8, 4) is 11.1 Å². The van der Waals surface area contributed by atoms with Crippen molar-refractivity contribution in [3.63, 3.8) is 0 Å². The van der Waals surface area contributed by atoms with Gasteiger partial charge in [0.05, 0.1) is 16.4 Å². The molecule has 0 saturated heterocycles. The van der Waals surface area contributed by atoms with Crippen LogP contribution in [0.4, 0.5) is 15.8 Å². The fourth-order valence-corrected chi connectivity index (χ4v) is 4.22. The van der Waals surface area contributed by atoms with Gasteiger partial charge in [-0.2, -0.15) is 0 Å². The van der Waals surface area contributed by atoms with Crippen LogP contribution in [0.1, 0.15) is 5.56 Å². The van der Waals surface area contributed by atoms with Gasteiger partial charge in [-0.1, -0.05) is 29.8 Å². The first kappa shape index (κ1) is 21.5. The highest BCUT2D eigenvalue weighted by atomic mass is 35.5. The number of aryl methyl sites for hydroxylation is 1. The summed E-state index contributed by atoms with van der Waals surface area (Å²) in [6, 6.07) is 10.0. The van der Waals surface area contributed by atoms with Crippen LogP contribution in [0.3, 0.4) is 0 Å². The zero-order chi connectivity index (χ0) is 21.9. The van der Waals surface area contributed by atoms with Gasteiger partial charge in [0.15, 0.2) is 0 Å². The van der Waals surface area contributed by atoms with Crippen LogP contribution in [0.2, 0.25) is 5.02 Å². The van der Waals surface area contributed by atoms with Gasteiger partial charge in [0, 0.05) is 18.0 Å². The number of carboxylic acids is 1. The lowest BCUT2D eigenvalue weighted by atomic mass is 10.0. The van der Waals surface area contributed by atoms with Crippen molar-refractivity contribution in [2.24, 2.45) is 0 Å². The number of anilines is 2. The zero-order valence-corrected chi connectivity index (χ0v) is 17.3. The lowest BCUT2D eigenvalue weighted by Gasteiger charge is -2.18. The minimum absolute atomic E-state index is 0.0147. The van der Waals surface area contributed by atoms with Gasteiger partial charge in [0.2, 0.25) is 0 Å². The summed E-state index contributed by atoms with van der Waals surface area (Å²) in [4.78, 5) is 14.7. The van der Waals surface area contributed by atoms with Crippen LogP contribution in [0, 0.1) is 12.7 Å². The van der Waals surface area contributed by atoms with E-state index in [1.54, 1.807) is 13.0 Å². The number of carbonyl (C=O) groups is 1. The van der Waals surface area contributed by atoms with Gasteiger partial charge in [-0.25, -0.2) is 12.8 Å². The molecule has 0 radical (unpaired) electrons. The molecule has 0 amide bonds. The Labute approximate surface area is 177 Å². The summed E-state index contributed by atoms with van der Waals surface area (Å²) in [5.74, 6) is -1.62. The van der Waals surface area contributed by atoms with Crippen LogP contribution >= 0.6 is 11.6 Å². The van der Waals surface area contributed by atoms with E-state index in [2.05, 4.69) is 15.0 Å². The minimum atomic E-state index is -4.08. The Morgan fingerprint density at radius 3 is 2.63 bits per heavy atom. The summed E-state index contributed by atoms with van der Waals surface area (Å²) in [5, 5.41) is 11.5. The van der Waals surface area contributed by atoms with Gasteiger partial charge in [-0.15, -0.1) is 0 Å². The predicted molar refractivity (Wildman–Crippen MR) is 113 cm³/mol. The third-order valence-electron chi connectivity index (χ3n) is 4.10. The van der Waals surface area contributed by atoms with E-state index in [0.717, 1.165) is 0 Å². The van der Waals surface area contributed by atoms with Gasteiger partial charge in [0.1, 0.15) is 17.3 Å². The number of hydrogen-bond acceptors (Lipinski definition) is 5. The number of benzene rings is 2. The van der Waals surface area contributed by atoms with E-state index in [4.69, 9.17) is 16.7 Å². The summed E-state index contributed by atoms with van der Waals surface area (Å²) in [6.45, 7) is 1.28. The summed E-state index contributed by atoms with van der Waals surface area (Å²) in [7, 11) is -4.08. The SMILES string of the molecule is Cc1cncc(S(=O)(=O)Nc2c(-c3cccc(F)c3)ccc(NCC(=O)O)c2Cl)c1. The van der Waals surface area contributed by atoms with Crippen LogP contribution in [0.15, 0.2) is 59.8 Å². The number of rotatable bonds is 7. The normalized spacial score (nSPS) is 11.2. The summed E-state index contributed by atoms with van der Waals surface area (Å²) in [5.41, 5.74) is 1.55. The maximum Gasteiger partial charge on any atom is 0.322 e. The van der Waals surface area contributed by atoms with E-state index in [1.807, 2.05) is 0 Å². The molecule has 0 aliphatic rings. The molecule has 0 saturated carbocycles. The third-order valence-corrected chi connectivity index (χ3v) is 5.81. The molecule has 3 rings (SSSR count). The monoisotopic (exact) mass is 449 g/mol. The van der Waals surface area contributed by atoms with Crippen molar-refractivity contribution in [2.45, 2.75) is 11.8 Å². The first-order valence-electron chi connectivity index (χ1n) is 8.66. The van der Waals surface area contributed by atoms with Crippen molar-refractivity contribution in [2.75, 3.05) is 16.6 Å². The van der Waals surface area contributed by atoms with E-state index < -0.39 is 28.4 Å². The molecule has 3 aromatic rings. The van der Waals surface area contributed by atoms with E-state index in [-0.39, 0.29) is 21.3 Å². The smallest absolute Gasteiger partial charge is 0.322 e. The quantitative estimate of drug-likeness (QED) is 0.500. The molecule has 30 heavy (non-hydrogen) atoms. The molecule has 1 aromatic heterocycles. The number of sulfonamides is 1. The van der Waals surface area contributed by atoms with Crippen molar-refractivity contribution in [1.29, 1.82) is 0 Å². The van der Waals surface area contributed by atoms with Crippen molar-refractivity contribution in [1.82, 2.24) is 4.98 Å². The molecule has 3 N–H and O–H groups in total. The molecule has 1 heterocycles. The van der Waals surface area contributed by atoms with Crippen LogP contribution in [0.5, 0.6) is 0 Å². The second-order valence-corrected chi connectivity index (χ2v) is 8.47. The minimum Gasteiger partial charge on any atom is -0.480 e. The molecule has 7 nitrogen and oxygen atoms in total. The Hall–Kier alpha value is -3.17. The first-order chi connectivity index (χ1) is 14.2. The molecule has 0 spiro atoms. The lowest BCUT2D eigenvalue weighted by Crippen LogP contribution is -2.16. The number of nitrogens with one attached hydrogen (secondary N) is 2. The summed E-state index contributed by atoms with van der Waals surface area (Å²) in [6.07, 6.45) is 2.71. The molecule has 0 aliphatic carbocycles. The topological polar surface area (TPSA) is 108 Å². The number of nitrogens with zero attached hydrogens (tertiary/aromatic N) is 1. The van der Waals surface area contributed by atoms with Crippen LogP contribution < -0.4 is 10.0 Å². The third kappa shape index (κ3) is 4.87. The van der Waals surface area contributed by atoms with Gasteiger partial charge >= 0.3 is 5.97 Å². The molecule has 0 unspecified atom stereocenters. The van der Waals surface area contributed by atoms with Crippen LogP contribution in [-0.4, -0.2) is 31.0 Å². The Kier molecular flexibility index (Phi) is 6.23. The van der Waals surface area contributed by atoms with Crippen LogP contribution in [-0.2, 0) is 14.8 Å². The van der Waals surface area contributed by atoms with E-state index in [9.17, 15) is 17.6 Å². The highest BCUT2D eigenvalue weighted by Gasteiger charge is 2.21. The molecule has 0 aliphatic heterocycles. The zero-order valence-electron chi connectivity index (χ0n) is 15.7. The molecule has 10 heteroatoms. The number of aromatic nitrogens is 1. The van der Waals surface area contributed by atoms with Gasteiger partial charge in [0.25, 0.3) is 10.0 Å². The maximum absolute atomic E-state index is 13.8. The van der Waals surface area contributed by atoms with Gasteiger partial charge in [-0.3, -0.25) is 14.5 Å². The van der Waals surface area contributed by atoms with E-state index in [1.165, 1.54) is 48.8 Å². The van der Waals surface area contributed by atoms with Gasteiger partial charge < -0.3 is 10.4 Å². The average Bonchev–Trinajstić information content (AvgIpc) is 2.68. The average molecular weight is 450 g/mol. The Bertz CT molecular complexity index is 1220. The molecule has 0 bridgehead atoms. The number of hydrogen-bond donors (Lipinski definition) is 3. The van der Waals surface area contributed by atoms with Crippen molar-refractivity contribution < 1.29 is 22.7 Å². The standard InChI is InChI=1S/C20H17ClFN3O4S/c1-12-7-15(10-23-9-12)30(28,29)25-20-16(13-3-2-4-14(22)8-13)5-6-17(19(20)21)24-11-18(26)27/h2-10,24-25H,11H2,1H3,(H,26,27). The molecular weight excluding hydrogens is 433 g/mol.